The van der Waals surface area contributed by atoms with Gasteiger partial charge in [-0.2, -0.15) is 0 Å². The average Bonchev–Trinajstić information content (AvgIpc) is 3.20. The summed E-state index contributed by atoms with van der Waals surface area (Å²) in [6.45, 7) is 3.41. The number of hydrogen-bond acceptors (Lipinski definition) is 4. The molecule has 0 radical (unpaired) electrons. The molecule has 0 spiro atoms. The molecule has 0 saturated carbocycles. The van der Waals surface area contributed by atoms with Gasteiger partial charge in [0.2, 0.25) is 0 Å². The third-order valence-electron chi connectivity index (χ3n) is 4.32. The summed E-state index contributed by atoms with van der Waals surface area (Å²) in [5.74, 6) is -0.968. The van der Waals surface area contributed by atoms with Gasteiger partial charge in [0, 0.05) is 29.9 Å². The van der Waals surface area contributed by atoms with Crippen LogP contribution in [0.2, 0.25) is 0 Å². The monoisotopic (exact) mass is 392 g/mol. The first-order chi connectivity index (χ1) is 13.9. The fraction of sp³-hybridized carbons (Fsp3) is 0.0952. The van der Waals surface area contributed by atoms with Gasteiger partial charge in [-0.1, -0.05) is 24.8 Å². The third-order valence-corrected chi connectivity index (χ3v) is 4.32. The van der Waals surface area contributed by atoms with E-state index in [1.54, 1.807) is 30.5 Å². The Morgan fingerprint density at radius 2 is 1.97 bits per heavy atom. The lowest BCUT2D eigenvalue weighted by Gasteiger charge is -2.11. The Morgan fingerprint density at radius 3 is 2.69 bits per heavy atom. The van der Waals surface area contributed by atoms with Gasteiger partial charge in [0.05, 0.1) is 11.1 Å². The molecule has 3 amide bonds. The van der Waals surface area contributed by atoms with E-state index >= 15 is 0 Å². The molecule has 29 heavy (non-hydrogen) atoms. The molecule has 5 N–H and O–H groups in total. The standard InChI is InChI=1S/C21H20N4O4/c1-12(11-29-21(28)23-2)20(27)25-14-5-3-4-13(10-14)15-6-7-17(19(22)26)18-16(15)8-9-24-18/h3-10,24H,1,11H2,2H3,(H2,22,26)(H,23,28)(H,25,27). The minimum absolute atomic E-state index is 0.109. The molecule has 8 heteroatoms. The highest BCUT2D eigenvalue weighted by molar-refractivity contribution is 6.09. The second-order valence-electron chi connectivity index (χ2n) is 6.26. The summed E-state index contributed by atoms with van der Waals surface area (Å²) in [4.78, 5) is 38.1. The number of anilines is 1. The van der Waals surface area contributed by atoms with Crippen LogP contribution >= 0.6 is 0 Å². The van der Waals surface area contributed by atoms with Crippen LogP contribution in [0.25, 0.3) is 22.0 Å². The molecule has 2 aromatic carbocycles. The zero-order chi connectivity index (χ0) is 21.0. The van der Waals surface area contributed by atoms with Gasteiger partial charge in [-0.3, -0.25) is 9.59 Å². The smallest absolute Gasteiger partial charge is 0.407 e. The van der Waals surface area contributed by atoms with E-state index in [1.165, 1.54) is 7.05 Å². The van der Waals surface area contributed by atoms with Crippen molar-refractivity contribution >= 4 is 34.5 Å². The first kappa shape index (κ1) is 19.7. The highest BCUT2D eigenvalue weighted by Crippen LogP contribution is 2.31. The number of nitrogens with two attached hydrogens (primary N) is 1. The zero-order valence-corrected chi connectivity index (χ0v) is 15.7. The van der Waals surface area contributed by atoms with Crippen molar-refractivity contribution in [2.45, 2.75) is 0 Å². The first-order valence-electron chi connectivity index (χ1n) is 8.74. The van der Waals surface area contributed by atoms with Crippen molar-refractivity contribution in [3.05, 3.63) is 66.4 Å². The number of amides is 3. The number of aromatic nitrogens is 1. The summed E-state index contributed by atoms with van der Waals surface area (Å²) in [5, 5.41) is 5.87. The number of benzene rings is 2. The van der Waals surface area contributed by atoms with Crippen LogP contribution in [0.3, 0.4) is 0 Å². The second-order valence-corrected chi connectivity index (χ2v) is 6.26. The van der Waals surface area contributed by atoms with Crippen LogP contribution in [-0.2, 0) is 9.53 Å². The van der Waals surface area contributed by atoms with Crippen molar-refractivity contribution < 1.29 is 19.1 Å². The second kappa shape index (κ2) is 8.30. The number of primary amides is 1. The largest absolute Gasteiger partial charge is 0.445 e. The van der Waals surface area contributed by atoms with Crippen LogP contribution in [0.4, 0.5) is 10.5 Å². The predicted octanol–water partition coefficient (Wildman–Crippen LogP) is 2.78. The van der Waals surface area contributed by atoms with E-state index in [0.717, 1.165) is 16.5 Å². The number of hydrogen-bond donors (Lipinski definition) is 4. The minimum atomic E-state index is -0.643. The maximum Gasteiger partial charge on any atom is 0.407 e. The summed E-state index contributed by atoms with van der Waals surface area (Å²) in [6, 6.07) is 12.6. The summed E-state index contributed by atoms with van der Waals surface area (Å²) in [7, 11) is 1.42. The van der Waals surface area contributed by atoms with Crippen molar-refractivity contribution in [1.29, 1.82) is 0 Å². The molecule has 1 heterocycles. The third kappa shape index (κ3) is 4.27. The Hall–Kier alpha value is -4.07. The van der Waals surface area contributed by atoms with E-state index in [1.807, 2.05) is 18.2 Å². The molecule has 0 bridgehead atoms. The van der Waals surface area contributed by atoms with Gasteiger partial charge < -0.3 is 26.1 Å². The number of H-pyrrole nitrogens is 1. The molecule has 0 saturated heterocycles. The summed E-state index contributed by atoms with van der Waals surface area (Å²) in [5.41, 5.74) is 8.89. The normalized spacial score (nSPS) is 10.4. The summed E-state index contributed by atoms with van der Waals surface area (Å²) < 4.78 is 4.82. The van der Waals surface area contributed by atoms with Gasteiger partial charge in [-0.05, 0) is 35.4 Å². The van der Waals surface area contributed by atoms with Crippen molar-refractivity contribution in [3.63, 3.8) is 0 Å². The highest BCUT2D eigenvalue weighted by atomic mass is 16.5. The lowest BCUT2D eigenvalue weighted by molar-refractivity contribution is -0.113. The molecule has 3 rings (SSSR count). The predicted molar refractivity (Wildman–Crippen MR) is 110 cm³/mol. The zero-order valence-electron chi connectivity index (χ0n) is 15.7. The minimum Gasteiger partial charge on any atom is -0.445 e. The molecule has 8 nitrogen and oxygen atoms in total. The number of rotatable bonds is 6. The molecule has 3 aromatic rings. The van der Waals surface area contributed by atoms with Crippen LogP contribution in [0, 0.1) is 0 Å². The van der Waals surface area contributed by atoms with Gasteiger partial charge in [0.25, 0.3) is 11.8 Å². The Morgan fingerprint density at radius 1 is 1.17 bits per heavy atom. The lowest BCUT2D eigenvalue weighted by Crippen LogP contribution is -2.23. The van der Waals surface area contributed by atoms with Gasteiger partial charge in [0.15, 0.2) is 0 Å². The number of fused-ring (bicyclic) bond motifs is 1. The highest BCUT2D eigenvalue weighted by Gasteiger charge is 2.14. The number of carbonyl (C=O) groups excluding carboxylic acids is 3. The molecule has 0 aliphatic carbocycles. The van der Waals surface area contributed by atoms with Gasteiger partial charge in [-0.25, -0.2) is 4.79 Å². The maximum absolute atomic E-state index is 12.3. The molecule has 1 aromatic heterocycles. The number of ether oxygens (including phenoxy) is 1. The van der Waals surface area contributed by atoms with Crippen LogP contribution in [-0.4, -0.2) is 36.5 Å². The Balaban J connectivity index is 1.83. The number of nitrogens with one attached hydrogen (secondary N) is 3. The van der Waals surface area contributed by atoms with Crippen molar-refractivity contribution in [1.82, 2.24) is 10.3 Å². The van der Waals surface area contributed by atoms with E-state index in [0.29, 0.717) is 16.8 Å². The van der Waals surface area contributed by atoms with E-state index in [2.05, 4.69) is 22.2 Å². The van der Waals surface area contributed by atoms with Crippen LogP contribution < -0.4 is 16.4 Å². The lowest BCUT2D eigenvalue weighted by atomic mass is 9.98. The van der Waals surface area contributed by atoms with Crippen molar-refractivity contribution in [3.8, 4) is 11.1 Å². The Kier molecular flexibility index (Phi) is 5.64. The molecule has 0 aliphatic heterocycles. The topological polar surface area (TPSA) is 126 Å². The number of alkyl carbamates (subject to hydrolysis) is 1. The van der Waals surface area contributed by atoms with Crippen LogP contribution in [0.15, 0.2) is 60.8 Å². The molecule has 0 fully saturated rings. The summed E-state index contributed by atoms with van der Waals surface area (Å²) in [6.07, 6.45) is 1.10. The first-order valence-corrected chi connectivity index (χ1v) is 8.74. The molecule has 148 valence electrons. The van der Waals surface area contributed by atoms with E-state index in [-0.39, 0.29) is 12.2 Å². The summed E-state index contributed by atoms with van der Waals surface area (Å²) >= 11 is 0. The molecular formula is C21H20N4O4. The van der Waals surface area contributed by atoms with E-state index in [9.17, 15) is 14.4 Å². The number of aromatic amines is 1. The van der Waals surface area contributed by atoms with E-state index < -0.39 is 17.9 Å². The molecule has 0 unspecified atom stereocenters. The van der Waals surface area contributed by atoms with Crippen LogP contribution in [0.1, 0.15) is 10.4 Å². The van der Waals surface area contributed by atoms with Crippen molar-refractivity contribution in [2.75, 3.05) is 19.0 Å². The number of carbonyl (C=O) groups is 3. The SMILES string of the molecule is C=C(COC(=O)NC)C(=O)Nc1cccc(-c2ccc(C(N)=O)c3[nH]ccc23)c1. The maximum atomic E-state index is 12.3. The average molecular weight is 392 g/mol. The molecule has 0 atom stereocenters. The van der Waals surface area contributed by atoms with Gasteiger partial charge in [0.1, 0.15) is 6.61 Å². The quantitative estimate of drug-likeness (QED) is 0.481. The van der Waals surface area contributed by atoms with Gasteiger partial charge in [-0.15, -0.1) is 0 Å². The Bertz CT molecular complexity index is 1120. The van der Waals surface area contributed by atoms with Crippen molar-refractivity contribution in [2.24, 2.45) is 5.73 Å². The van der Waals surface area contributed by atoms with E-state index in [4.69, 9.17) is 10.5 Å². The fourth-order valence-corrected chi connectivity index (χ4v) is 2.89. The molecule has 0 aliphatic rings. The fourth-order valence-electron chi connectivity index (χ4n) is 2.89. The van der Waals surface area contributed by atoms with Crippen LogP contribution in [0.5, 0.6) is 0 Å². The Labute approximate surface area is 166 Å². The molecular weight excluding hydrogens is 372 g/mol. The van der Waals surface area contributed by atoms with Gasteiger partial charge >= 0.3 is 6.09 Å².